The Hall–Kier alpha value is -2.56. The van der Waals surface area contributed by atoms with Crippen molar-refractivity contribution in [3.8, 4) is 5.75 Å². The molecule has 1 saturated heterocycles. The van der Waals surface area contributed by atoms with Gasteiger partial charge in [-0.2, -0.15) is 0 Å². The van der Waals surface area contributed by atoms with E-state index >= 15 is 0 Å². The van der Waals surface area contributed by atoms with Gasteiger partial charge in [-0.3, -0.25) is 9.59 Å². The van der Waals surface area contributed by atoms with E-state index in [2.05, 4.69) is 0 Å². The third kappa shape index (κ3) is 2.32. The molecule has 0 aliphatic carbocycles. The third-order valence-corrected chi connectivity index (χ3v) is 4.86. The zero-order valence-electron chi connectivity index (χ0n) is 12.7. The van der Waals surface area contributed by atoms with Crippen LogP contribution in [0.5, 0.6) is 5.75 Å². The van der Waals surface area contributed by atoms with Gasteiger partial charge >= 0.3 is 0 Å². The summed E-state index contributed by atoms with van der Waals surface area (Å²) in [7, 11) is 0. The fraction of sp³-hybridized carbons (Fsp3) is 0.333. The third-order valence-electron chi connectivity index (χ3n) is 4.86. The minimum absolute atomic E-state index is 0.0728. The number of piperidine rings is 1. The van der Waals surface area contributed by atoms with Crippen LogP contribution in [0.3, 0.4) is 0 Å². The van der Waals surface area contributed by atoms with Gasteiger partial charge in [0.1, 0.15) is 0 Å². The summed E-state index contributed by atoms with van der Waals surface area (Å²) in [4.78, 5) is 26.9. The van der Waals surface area contributed by atoms with Crippen molar-refractivity contribution in [1.29, 1.82) is 0 Å². The van der Waals surface area contributed by atoms with Crippen molar-refractivity contribution in [2.45, 2.75) is 25.4 Å². The van der Waals surface area contributed by atoms with Gasteiger partial charge in [0.2, 0.25) is 5.91 Å². The van der Waals surface area contributed by atoms with E-state index in [0.717, 1.165) is 17.7 Å². The van der Waals surface area contributed by atoms with Crippen LogP contribution in [-0.2, 0) is 17.9 Å². The van der Waals surface area contributed by atoms with Crippen LogP contribution in [0, 0.1) is 5.92 Å². The van der Waals surface area contributed by atoms with Crippen LogP contribution in [0.25, 0.3) is 0 Å². The zero-order chi connectivity index (χ0) is 16.0. The molecule has 2 aliphatic heterocycles. The molecule has 2 aromatic rings. The maximum Gasteiger partial charge on any atom is 0.292 e. The Kier molecular flexibility index (Phi) is 3.22. The molecule has 0 radical (unpaired) electrons. The van der Waals surface area contributed by atoms with Crippen molar-refractivity contribution >= 4 is 5.91 Å². The molecule has 2 bridgehead atoms. The zero-order valence-corrected chi connectivity index (χ0v) is 12.7. The highest BCUT2D eigenvalue weighted by Gasteiger charge is 2.40. The maximum atomic E-state index is 12.8. The molecule has 1 fully saturated rings. The molecule has 118 valence electrons. The molecule has 2 aliphatic rings. The highest BCUT2D eigenvalue weighted by atomic mass is 16.3. The number of rotatable bonds is 2. The Morgan fingerprint density at radius 1 is 1.04 bits per heavy atom. The van der Waals surface area contributed by atoms with Gasteiger partial charge in [0.05, 0.1) is 5.92 Å². The van der Waals surface area contributed by atoms with Gasteiger partial charge < -0.3 is 14.6 Å². The molecule has 0 spiro atoms. The van der Waals surface area contributed by atoms with Gasteiger partial charge in [0.15, 0.2) is 5.75 Å². The van der Waals surface area contributed by atoms with E-state index in [1.54, 1.807) is 10.6 Å². The second-order valence-electron chi connectivity index (χ2n) is 6.42. The summed E-state index contributed by atoms with van der Waals surface area (Å²) >= 11 is 0. The van der Waals surface area contributed by atoms with Gasteiger partial charge in [0, 0.05) is 25.3 Å². The molecule has 1 N–H and O–H groups in total. The van der Waals surface area contributed by atoms with Crippen LogP contribution in [-0.4, -0.2) is 27.0 Å². The van der Waals surface area contributed by atoms with Crippen molar-refractivity contribution in [2.75, 3.05) is 6.54 Å². The lowest BCUT2D eigenvalue weighted by molar-refractivity contribution is -0.139. The standard InChI is InChI=1S/C18H18N2O3/c21-16-7-6-15-14-8-13(11-20(15)18(16)23)10-19(17(14)22)9-12-4-2-1-3-5-12/h1-7,13-14,21H,8-11H2/t13-,14-/m0/s1. The second-order valence-corrected chi connectivity index (χ2v) is 6.42. The molecule has 23 heavy (non-hydrogen) atoms. The van der Waals surface area contributed by atoms with Crippen molar-refractivity contribution in [2.24, 2.45) is 5.92 Å². The number of likely N-dealkylation sites (tertiary alicyclic amines) is 1. The fourth-order valence-electron chi connectivity index (χ4n) is 3.79. The van der Waals surface area contributed by atoms with Crippen LogP contribution in [0.15, 0.2) is 47.3 Å². The minimum Gasteiger partial charge on any atom is -0.503 e. The number of hydrogen-bond donors (Lipinski definition) is 1. The first-order valence-corrected chi connectivity index (χ1v) is 7.89. The first-order valence-electron chi connectivity index (χ1n) is 7.89. The topological polar surface area (TPSA) is 62.5 Å². The monoisotopic (exact) mass is 310 g/mol. The van der Waals surface area contributed by atoms with E-state index in [4.69, 9.17) is 0 Å². The molecular weight excluding hydrogens is 292 g/mol. The highest BCUT2D eigenvalue weighted by molar-refractivity contribution is 5.84. The lowest BCUT2D eigenvalue weighted by Gasteiger charge is -2.42. The quantitative estimate of drug-likeness (QED) is 0.918. The number of hydrogen-bond acceptors (Lipinski definition) is 3. The molecule has 1 aromatic heterocycles. The van der Waals surface area contributed by atoms with Crippen molar-refractivity contribution < 1.29 is 9.90 Å². The van der Waals surface area contributed by atoms with Gasteiger partial charge in [-0.25, -0.2) is 0 Å². The van der Waals surface area contributed by atoms with Crippen LogP contribution >= 0.6 is 0 Å². The van der Waals surface area contributed by atoms with E-state index in [-0.39, 0.29) is 29.1 Å². The molecular formula is C18H18N2O3. The molecule has 4 rings (SSSR count). The van der Waals surface area contributed by atoms with Crippen LogP contribution in [0.1, 0.15) is 23.6 Å². The van der Waals surface area contributed by atoms with E-state index in [0.29, 0.717) is 19.6 Å². The lowest BCUT2D eigenvalue weighted by atomic mass is 9.82. The molecule has 0 unspecified atom stereocenters. The van der Waals surface area contributed by atoms with Gasteiger partial charge in [-0.1, -0.05) is 30.3 Å². The van der Waals surface area contributed by atoms with E-state index < -0.39 is 0 Å². The molecule has 2 atom stereocenters. The summed E-state index contributed by atoms with van der Waals surface area (Å²) in [6, 6.07) is 13.1. The number of carbonyl (C=O) groups is 1. The fourth-order valence-corrected chi connectivity index (χ4v) is 3.79. The van der Waals surface area contributed by atoms with E-state index in [1.807, 2.05) is 35.2 Å². The first kappa shape index (κ1) is 14.1. The maximum absolute atomic E-state index is 12.8. The molecule has 0 saturated carbocycles. The second kappa shape index (κ2) is 5.26. The van der Waals surface area contributed by atoms with Crippen molar-refractivity contribution in [3.63, 3.8) is 0 Å². The highest BCUT2D eigenvalue weighted by Crippen LogP contribution is 2.36. The number of pyridine rings is 1. The smallest absolute Gasteiger partial charge is 0.292 e. The number of carbonyl (C=O) groups excluding carboxylic acids is 1. The van der Waals surface area contributed by atoms with Gasteiger partial charge in [0.25, 0.3) is 5.56 Å². The van der Waals surface area contributed by atoms with Crippen LogP contribution in [0.4, 0.5) is 0 Å². The molecule has 5 nitrogen and oxygen atoms in total. The number of amides is 1. The Bertz CT molecular complexity index is 813. The summed E-state index contributed by atoms with van der Waals surface area (Å²) in [5.41, 5.74) is 1.46. The van der Waals surface area contributed by atoms with Crippen LogP contribution in [0.2, 0.25) is 0 Å². The van der Waals surface area contributed by atoms with E-state index in [9.17, 15) is 14.7 Å². The SMILES string of the molecule is O=C1[C@H]2C[C@@H](CN1Cc1ccccc1)Cn1c2ccc(O)c1=O. The summed E-state index contributed by atoms with van der Waals surface area (Å²) in [6.07, 6.45) is 0.786. The summed E-state index contributed by atoms with van der Waals surface area (Å²) in [6.45, 7) is 1.83. The van der Waals surface area contributed by atoms with Gasteiger partial charge in [-0.15, -0.1) is 0 Å². The largest absolute Gasteiger partial charge is 0.503 e. The molecule has 3 heterocycles. The lowest BCUT2D eigenvalue weighted by Crippen LogP contribution is -2.50. The molecule has 1 aromatic carbocycles. The minimum atomic E-state index is -0.387. The predicted octanol–water partition coefficient (Wildman–Crippen LogP) is 1.70. The Morgan fingerprint density at radius 2 is 1.83 bits per heavy atom. The number of aromatic hydroxyl groups is 1. The first-order chi connectivity index (χ1) is 11.1. The number of nitrogens with zero attached hydrogens (tertiary/aromatic N) is 2. The summed E-state index contributed by atoms with van der Waals surface area (Å²) in [5.74, 6) is -0.195. The van der Waals surface area contributed by atoms with Gasteiger partial charge in [-0.05, 0) is 30.0 Å². The number of aromatic nitrogens is 1. The Balaban J connectivity index is 1.67. The average molecular weight is 310 g/mol. The average Bonchev–Trinajstić information content (AvgIpc) is 2.57. The Labute approximate surface area is 133 Å². The normalized spacial score (nSPS) is 22.8. The van der Waals surface area contributed by atoms with E-state index in [1.165, 1.54) is 6.07 Å². The number of fused-ring (bicyclic) bond motifs is 4. The molecule has 5 heteroatoms. The summed E-state index contributed by atoms with van der Waals surface area (Å²) in [5, 5.41) is 9.62. The summed E-state index contributed by atoms with van der Waals surface area (Å²) < 4.78 is 1.58. The van der Waals surface area contributed by atoms with Crippen molar-refractivity contribution in [3.05, 3.63) is 64.1 Å². The van der Waals surface area contributed by atoms with Crippen LogP contribution < -0.4 is 5.56 Å². The molecule has 1 amide bonds. The predicted molar refractivity (Wildman–Crippen MR) is 85.1 cm³/mol. The number of benzene rings is 1. The Morgan fingerprint density at radius 3 is 2.61 bits per heavy atom. The van der Waals surface area contributed by atoms with Crippen molar-refractivity contribution in [1.82, 2.24) is 9.47 Å².